The van der Waals surface area contributed by atoms with Crippen LogP contribution >= 0.6 is 0 Å². The summed E-state index contributed by atoms with van der Waals surface area (Å²) < 4.78 is 30.3. The van der Waals surface area contributed by atoms with E-state index in [2.05, 4.69) is 30.7 Å². The zero-order chi connectivity index (χ0) is 47.0. The molecular weight excluding hydrogens is 979 g/mol. The van der Waals surface area contributed by atoms with Gasteiger partial charge in [0.05, 0.1) is 78.7 Å². The summed E-state index contributed by atoms with van der Waals surface area (Å²) in [6, 6.07) is -0.190. The maximum Gasteiger partial charge on any atom is 0.338 e. The predicted molar refractivity (Wildman–Crippen MR) is 235 cm³/mol. The number of aromatic nitrogens is 4. The van der Waals surface area contributed by atoms with Gasteiger partial charge in [0.25, 0.3) is 0 Å². The van der Waals surface area contributed by atoms with E-state index in [0.717, 1.165) is 71.0 Å². The first-order valence-electron chi connectivity index (χ1n) is 24.2. The highest BCUT2D eigenvalue weighted by atomic mass is 127. The van der Waals surface area contributed by atoms with Gasteiger partial charge in [-0.3, -0.25) is 28.3 Å². The number of hydrogen-bond acceptors (Lipinski definition) is 13. The Balaban J connectivity index is 0.000000150. The van der Waals surface area contributed by atoms with Gasteiger partial charge in [-0.1, -0.05) is 20.8 Å². The number of imidazole rings is 2. The first-order valence-corrected chi connectivity index (χ1v) is 24.2. The zero-order valence-corrected chi connectivity index (χ0v) is 41.5. The second-order valence-corrected chi connectivity index (χ2v) is 22.2. The molecule has 18 heteroatoms. The number of rotatable bonds is 12. The Kier molecular flexibility index (Phi) is 15.4. The van der Waals surface area contributed by atoms with Crippen molar-refractivity contribution in [3.8, 4) is 0 Å². The van der Waals surface area contributed by atoms with E-state index in [1.807, 2.05) is 0 Å². The molecular formula is C49H70IN4O13-. The van der Waals surface area contributed by atoms with E-state index in [0.29, 0.717) is 102 Å². The number of carbonyl (C=O) groups excluding carboxylic acids is 3. The molecule has 8 bridgehead atoms. The minimum absolute atomic E-state index is 0. The minimum Gasteiger partial charge on any atom is -1.00 e. The van der Waals surface area contributed by atoms with Gasteiger partial charge in [-0.15, -0.1) is 0 Å². The third kappa shape index (κ3) is 10.1. The molecule has 0 spiro atoms. The summed E-state index contributed by atoms with van der Waals surface area (Å²) in [5.41, 5.74) is -2.30. The average Bonchev–Trinajstić information content (AvgIpc) is 3.99. The molecule has 3 saturated heterocycles. The Morgan fingerprint density at radius 2 is 0.896 bits per heavy atom. The Labute approximate surface area is 409 Å². The van der Waals surface area contributed by atoms with Crippen molar-refractivity contribution in [3.63, 3.8) is 0 Å². The molecule has 11 aliphatic rings. The molecule has 2 aromatic heterocycles. The Morgan fingerprint density at radius 3 is 1.13 bits per heavy atom. The summed E-state index contributed by atoms with van der Waals surface area (Å²) in [6.07, 6.45) is 21.6. The highest BCUT2D eigenvalue weighted by Gasteiger charge is 2.65. The largest absolute Gasteiger partial charge is 1.00 e. The van der Waals surface area contributed by atoms with Crippen LogP contribution in [0.5, 0.6) is 0 Å². The van der Waals surface area contributed by atoms with Crippen LogP contribution in [0, 0.1) is 61.6 Å². The smallest absolute Gasteiger partial charge is 0.338 e. The average molecular weight is 1050 g/mol. The van der Waals surface area contributed by atoms with Gasteiger partial charge in [0.1, 0.15) is 25.9 Å². The molecule has 0 amide bonds. The molecule has 8 saturated carbocycles. The number of aliphatic hydroxyl groups is 1. The maximum absolute atomic E-state index is 13.4. The van der Waals surface area contributed by atoms with Crippen molar-refractivity contribution in [3.05, 3.63) is 37.4 Å². The van der Waals surface area contributed by atoms with Crippen LogP contribution in [0.3, 0.4) is 0 Å². The first-order chi connectivity index (χ1) is 31.5. The number of nitrogens with zero attached hydrogens (tertiary/aromatic N) is 4. The van der Waals surface area contributed by atoms with Crippen LogP contribution in [0.4, 0.5) is 4.79 Å². The van der Waals surface area contributed by atoms with Gasteiger partial charge in [0.15, 0.2) is 0 Å². The summed E-state index contributed by atoms with van der Waals surface area (Å²) in [5.74, 6) is -0.172. The number of carboxylic acids is 2. The first kappa shape index (κ1) is 51.4. The van der Waals surface area contributed by atoms with Crippen LogP contribution in [0.15, 0.2) is 37.4 Å². The summed E-state index contributed by atoms with van der Waals surface area (Å²) in [4.78, 5) is 68.5. The van der Waals surface area contributed by atoms with E-state index in [-0.39, 0.29) is 64.8 Å². The number of carbonyl (C=O) groups is 5. The second kappa shape index (κ2) is 20.1. The Morgan fingerprint density at radius 1 is 0.567 bits per heavy atom. The lowest BCUT2D eigenvalue weighted by Gasteiger charge is -2.59. The van der Waals surface area contributed by atoms with Gasteiger partial charge in [0.2, 0.25) is 0 Å². The van der Waals surface area contributed by atoms with Crippen molar-refractivity contribution in [1.29, 1.82) is 0 Å². The molecule has 13 rings (SSSR count). The monoisotopic (exact) mass is 1050 g/mol. The van der Waals surface area contributed by atoms with E-state index >= 15 is 0 Å². The van der Waals surface area contributed by atoms with E-state index in [1.165, 1.54) is 21.8 Å². The van der Waals surface area contributed by atoms with Crippen LogP contribution in [0.25, 0.3) is 0 Å². The number of esters is 2. The Bertz CT molecular complexity index is 1890. The normalized spacial score (nSPS) is 34.3. The molecule has 372 valence electrons. The molecule has 17 nitrogen and oxygen atoms in total. The van der Waals surface area contributed by atoms with Crippen LogP contribution < -0.4 is 24.0 Å². The highest BCUT2D eigenvalue weighted by molar-refractivity contribution is 5.83. The number of ether oxygens (including phenoxy) is 5. The molecule has 67 heavy (non-hydrogen) atoms. The third-order valence-electron chi connectivity index (χ3n) is 17.4. The maximum atomic E-state index is 13.4. The fraction of sp³-hybridized carbons (Fsp3) is 0.776. The van der Waals surface area contributed by atoms with Crippen LogP contribution in [-0.4, -0.2) is 124 Å². The molecule has 8 aliphatic carbocycles. The topological polar surface area (TPSA) is 228 Å². The van der Waals surface area contributed by atoms with Crippen molar-refractivity contribution >= 4 is 29.9 Å². The minimum atomic E-state index is -0.771. The van der Waals surface area contributed by atoms with E-state index < -0.39 is 33.6 Å². The highest BCUT2D eigenvalue weighted by Crippen LogP contribution is 2.67. The third-order valence-corrected chi connectivity index (χ3v) is 17.4. The molecule has 11 fully saturated rings. The van der Waals surface area contributed by atoms with Crippen molar-refractivity contribution in [2.75, 3.05) is 59.5 Å². The van der Waals surface area contributed by atoms with E-state index in [4.69, 9.17) is 28.8 Å². The fourth-order valence-corrected chi connectivity index (χ4v) is 13.5. The molecule has 0 atom stereocenters. The molecule has 5 heterocycles. The van der Waals surface area contributed by atoms with Gasteiger partial charge in [-0.2, -0.15) is 0 Å². The Hall–Kier alpha value is -3.46. The number of aliphatic carboxylic acids is 2. The van der Waals surface area contributed by atoms with Gasteiger partial charge in [-0.05, 0) is 120 Å². The predicted octanol–water partition coefficient (Wildman–Crippen LogP) is 3.26. The molecule has 2 aromatic rings. The molecule has 3 aliphatic heterocycles. The quantitative estimate of drug-likeness (QED) is 0.205. The molecule has 3 N–H and O–H groups in total. The van der Waals surface area contributed by atoms with Crippen LogP contribution in [0.1, 0.15) is 117 Å². The number of hydrogen-bond donors (Lipinski definition) is 3. The number of aliphatic hydroxyl groups excluding tert-OH is 1. The standard InChI is InChI=1S/C24H36O6.C12H16O4.C7H6N4O.C6H12O2.HI/c1-3-21(11-27-12-21)15-29-19(25)23-6-17-5-18(7-23)9-24(8-17,10-23)20(26)30-16-22(4-2)13-28-14-22;13-9(14)11-2-7-1-8(4-11)5-12(3-7,6-11)10(15)16;12-7(10-3-1-8-5-10)11-4-2-9-6-11;1-2-6(3-7)4-8-5-6;/h17-18H,3-16H2,1-2H3;7-8H,1-6H2,(H,13,14)(H,15,16);1-6H;7H,2-5H2,1H3;1H/p-1. The lowest BCUT2D eigenvalue weighted by molar-refractivity contribution is -0.208. The van der Waals surface area contributed by atoms with Crippen molar-refractivity contribution in [2.24, 2.45) is 61.6 Å². The summed E-state index contributed by atoms with van der Waals surface area (Å²) in [6.45, 7) is 11.7. The van der Waals surface area contributed by atoms with Crippen LogP contribution in [-0.2, 0) is 42.9 Å². The van der Waals surface area contributed by atoms with E-state index in [9.17, 15) is 34.2 Å². The van der Waals surface area contributed by atoms with Crippen molar-refractivity contribution < 1.29 is 87.0 Å². The zero-order valence-electron chi connectivity index (χ0n) is 39.3. The van der Waals surface area contributed by atoms with E-state index in [1.54, 1.807) is 24.8 Å². The molecule has 0 unspecified atom stereocenters. The van der Waals surface area contributed by atoms with Gasteiger partial charge < -0.3 is 63.0 Å². The lowest BCUT2D eigenvalue weighted by Crippen LogP contribution is -3.00. The van der Waals surface area contributed by atoms with Gasteiger partial charge >= 0.3 is 29.9 Å². The summed E-state index contributed by atoms with van der Waals surface area (Å²) in [5, 5.41) is 27.5. The molecule has 0 aromatic carbocycles. The number of carboxylic acid groups (broad SMARTS) is 2. The molecule has 0 radical (unpaired) electrons. The second-order valence-electron chi connectivity index (χ2n) is 22.2. The van der Waals surface area contributed by atoms with Crippen molar-refractivity contribution in [2.45, 2.75) is 117 Å². The van der Waals surface area contributed by atoms with Gasteiger partial charge in [0, 0.05) is 30.2 Å². The van der Waals surface area contributed by atoms with Gasteiger partial charge in [-0.25, -0.2) is 14.8 Å². The fourth-order valence-electron chi connectivity index (χ4n) is 13.5. The van der Waals surface area contributed by atoms with Crippen LogP contribution in [0.2, 0.25) is 0 Å². The number of halogens is 1. The SMILES string of the molecule is CCC1(CO)COC1.CCC1(COC(=O)C23CC4CC(C2)CC(C(=O)OCC2(CC)COC2)(C4)C3)COC1.O=C(O)C12CC3CC(C1)CC(C(=O)O)(C3)C2.O=C(n1ccnc1)n1ccnc1.[I-]. The summed E-state index contributed by atoms with van der Waals surface area (Å²) in [7, 11) is 0. The van der Waals surface area contributed by atoms with Crippen molar-refractivity contribution in [1.82, 2.24) is 19.1 Å². The summed E-state index contributed by atoms with van der Waals surface area (Å²) >= 11 is 0. The lowest BCUT2D eigenvalue weighted by atomic mass is 9.44.